The summed E-state index contributed by atoms with van der Waals surface area (Å²) in [4.78, 5) is 0. The van der Waals surface area contributed by atoms with Crippen LogP contribution in [-0.2, 0) is 23.7 Å². The first-order valence-electron chi connectivity index (χ1n) is 3.89. The molecule has 0 aromatic heterocycles. The largest absolute Gasteiger partial charge is 2.00 e. The first kappa shape index (κ1) is 12.2. The number of rotatable bonds is 1. The molecular formula is C11H11FeO-. The van der Waals surface area contributed by atoms with Gasteiger partial charge in [0.2, 0.25) is 0 Å². The summed E-state index contributed by atoms with van der Waals surface area (Å²) >= 11 is 0. The van der Waals surface area contributed by atoms with Crippen molar-refractivity contribution in [2.24, 2.45) is 0 Å². The third kappa shape index (κ3) is 5.42. The van der Waals surface area contributed by atoms with Crippen molar-refractivity contribution in [3.63, 3.8) is 0 Å². The Balaban J connectivity index is 0.000000215. The first-order chi connectivity index (χ1) is 5.93. The van der Waals surface area contributed by atoms with Crippen molar-refractivity contribution < 1.29 is 22.2 Å². The molecule has 0 atom stereocenters. The van der Waals surface area contributed by atoms with Gasteiger partial charge in [-0.2, -0.15) is 35.9 Å². The molecule has 0 bridgehead atoms. The molecule has 1 nitrogen and oxygen atoms in total. The van der Waals surface area contributed by atoms with Gasteiger partial charge < -0.3 is 5.11 Å². The topological polar surface area (TPSA) is 23.1 Å². The van der Waals surface area contributed by atoms with Crippen LogP contribution in [0.5, 0.6) is 0 Å². The van der Waals surface area contributed by atoms with Crippen LogP contribution < -0.4 is 5.11 Å². The van der Waals surface area contributed by atoms with Crippen LogP contribution in [0.3, 0.4) is 0 Å². The van der Waals surface area contributed by atoms with E-state index in [0.29, 0.717) is 0 Å². The SMILES string of the molecule is [Fe+2].[O-]Cc1ccc[cH-]1.c1cc[cH-]c1. The smallest absolute Gasteiger partial charge is 0.853 e. The Morgan fingerprint density at radius 1 is 1.08 bits per heavy atom. The Morgan fingerprint density at radius 2 is 1.77 bits per heavy atom. The molecule has 2 aromatic carbocycles. The van der Waals surface area contributed by atoms with Gasteiger partial charge in [-0.25, -0.2) is 24.3 Å². The maximum atomic E-state index is 9.99. The van der Waals surface area contributed by atoms with E-state index >= 15 is 0 Å². The van der Waals surface area contributed by atoms with Crippen molar-refractivity contribution in [1.82, 2.24) is 0 Å². The van der Waals surface area contributed by atoms with Gasteiger partial charge in [0.25, 0.3) is 0 Å². The average Bonchev–Trinajstić information content (AvgIpc) is 2.81. The standard InChI is InChI=1S/C6H6O.C5H5.Fe/c7-5-6-3-1-2-4-6;1-2-4-5-3-1;/h1-4H,5H2;1-5H;/q-2;-1;+2. The van der Waals surface area contributed by atoms with E-state index in [1.54, 1.807) is 0 Å². The van der Waals surface area contributed by atoms with Crippen LogP contribution in [0.1, 0.15) is 5.56 Å². The minimum Gasteiger partial charge on any atom is -0.853 e. The van der Waals surface area contributed by atoms with Crippen molar-refractivity contribution in [3.8, 4) is 0 Å². The molecule has 0 amide bonds. The predicted molar refractivity (Wildman–Crippen MR) is 47.8 cm³/mol. The van der Waals surface area contributed by atoms with Crippen molar-refractivity contribution in [2.75, 3.05) is 0 Å². The maximum absolute atomic E-state index is 9.99. The summed E-state index contributed by atoms with van der Waals surface area (Å²) in [5, 5.41) is 9.99. The van der Waals surface area contributed by atoms with E-state index in [4.69, 9.17) is 0 Å². The van der Waals surface area contributed by atoms with Crippen LogP contribution in [0, 0.1) is 0 Å². The Hall–Kier alpha value is -0.821. The monoisotopic (exact) mass is 215 g/mol. The van der Waals surface area contributed by atoms with Crippen molar-refractivity contribution in [2.45, 2.75) is 6.61 Å². The van der Waals surface area contributed by atoms with Gasteiger partial charge in [-0.05, 0) is 0 Å². The molecule has 0 saturated heterocycles. The summed E-state index contributed by atoms with van der Waals surface area (Å²) in [5.74, 6) is 0. The van der Waals surface area contributed by atoms with E-state index in [-0.39, 0.29) is 23.7 Å². The molecule has 0 aliphatic rings. The summed E-state index contributed by atoms with van der Waals surface area (Å²) in [6.45, 7) is -0.0903. The molecule has 0 spiro atoms. The second-order valence-corrected chi connectivity index (χ2v) is 2.40. The summed E-state index contributed by atoms with van der Waals surface area (Å²) in [7, 11) is 0. The molecular weight excluding hydrogens is 204 g/mol. The Labute approximate surface area is 89.2 Å². The Morgan fingerprint density at radius 3 is 2.00 bits per heavy atom. The molecule has 0 saturated carbocycles. The summed E-state index contributed by atoms with van der Waals surface area (Å²) in [6.07, 6.45) is 0. The molecule has 0 aliphatic carbocycles. The van der Waals surface area contributed by atoms with E-state index in [2.05, 4.69) is 0 Å². The van der Waals surface area contributed by atoms with Gasteiger partial charge in [0.15, 0.2) is 0 Å². The minimum absolute atomic E-state index is 0. The van der Waals surface area contributed by atoms with Gasteiger partial charge in [0.1, 0.15) is 0 Å². The fourth-order valence-corrected chi connectivity index (χ4v) is 0.831. The first-order valence-corrected chi connectivity index (χ1v) is 3.89. The normalized spacial score (nSPS) is 8.08. The molecule has 13 heavy (non-hydrogen) atoms. The van der Waals surface area contributed by atoms with Crippen LogP contribution in [0.2, 0.25) is 0 Å². The van der Waals surface area contributed by atoms with Crippen LogP contribution in [0.25, 0.3) is 0 Å². The summed E-state index contributed by atoms with van der Waals surface area (Å²) in [5.41, 5.74) is 0.875. The molecule has 2 heteroatoms. The molecule has 0 radical (unpaired) electrons. The predicted octanol–water partition coefficient (Wildman–Crippen LogP) is 1.67. The zero-order valence-corrected chi connectivity index (χ0v) is 8.27. The van der Waals surface area contributed by atoms with Crippen LogP contribution >= 0.6 is 0 Å². The second kappa shape index (κ2) is 7.81. The van der Waals surface area contributed by atoms with Crippen molar-refractivity contribution in [3.05, 3.63) is 60.2 Å². The van der Waals surface area contributed by atoms with E-state index in [0.717, 1.165) is 5.56 Å². The van der Waals surface area contributed by atoms with E-state index in [1.165, 1.54) is 0 Å². The van der Waals surface area contributed by atoms with Crippen molar-refractivity contribution >= 4 is 0 Å². The van der Waals surface area contributed by atoms with E-state index < -0.39 is 0 Å². The molecule has 0 fully saturated rings. The van der Waals surface area contributed by atoms with Crippen LogP contribution in [0.15, 0.2) is 54.6 Å². The number of hydrogen-bond donors (Lipinski definition) is 0. The fraction of sp³-hybridized carbons (Fsp3) is 0.0909. The third-order valence-electron chi connectivity index (χ3n) is 1.45. The molecule has 0 unspecified atom stereocenters. The molecule has 2 rings (SSSR count). The van der Waals surface area contributed by atoms with Gasteiger partial charge >= 0.3 is 17.1 Å². The van der Waals surface area contributed by atoms with Gasteiger partial charge in [0, 0.05) is 0 Å². The Kier molecular flexibility index (Phi) is 7.32. The summed E-state index contributed by atoms with van der Waals surface area (Å²) in [6, 6.07) is 17.4. The van der Waals surface area contributed by atoms with Crippen LogP contribution in [-0.4, -0.2) is 0 Å². The number of hydrogen-bond acceptors (Lipinski definition) is 1. The molecule has 0 heterocycles. The minimum atomic E-state index is -0.0903. The second-order valence-electron chi connectivity index (χ2n) is 2.40. The van der Waals surface area contributed by atoms with Gasteiger partial charge in [-0.1, -0.05) is 0 Å². The maximum Gasteiger partial charge on any atom is 2.00 e. The molecule has 0 N–H and O–H groups in total. The van der Waals surface area contributed by atoms with Crippen molar-refractivity contribution in [1.29, 1.82) is 0 Å². The van der Waals surface area contributed by atoms with Gasteiger partial charge in [-0.3, -0.25) is 0 Å². The van der Waals surface area contributed by atoms with Crippen LogP contribution in [0.4, 0.5) is 0 Å². The molecule has 2 aromatic rings. The summed E-state index contributed by atoms with van der Waals surface area (Å²) < 4.78 is 0. The zero-order chi connectivity index (χ0) is 8.65. The third-order valence-corrected chi connectivity index (χ3v) is 1.45. The average molecular weight is 215 g/mol. The van der Waals surface area contributed by atoms with E-state index in [9.17, 15) is 5.11 Å². The molecule has 70 valence electrons. The van der Waals surface area contributed by atoms with Gasteiger partial charge in [0.05, 0.1) is 0 Å². The fourth-order valence-electron chi connectivity index (χ4n) is 0.831. The van der Waals surface area contributed by atoms with Gasteiger partial charge in [-0.15, -0.1) is 6.61 Å². The quantitative estimate of drug-likeness (QED) is 0.524. The van der Waals surface area contributed by atoms with E-state index in [1.807, 2.05) is 54.6 Å². The Bertz CT molecular complexity index is 241. The molecule has 0 aliphatic heterocycles. The zero-order valence-electron chi connectivity index (χ0n) is 7.17.